The van der Waals surface area contributed by atoms with Gasteiger partial charge in [0, 0.05) is 6.54 Å². The zero-order valence-corrected chi connectivity index (χ0v) is 17.6. The molecule has 0 aliphatic carbocycles. The van der Waals surface area contributed by atoms with Crippen molar-refractivity contribution in [2.24, 2.45) is 0 Å². The lowest BCUT2D eigenvalue weighted by atomic mass is 9.87. The maximum atomic E-state index is 14.1. The van der Waals surface area contributed by atoms with Gasteiger partial charge >= 0.3 is 12.2 Å². The van der Waals surface area contributed by atoms with Crippen LogP contribution in [-0.4, -0.2) is 53.3 Å². The number of pyridine rings is 1. The summed E-state index contributed by atoms with van der Waals surface area (Å²) in [6.07, 6.45) is -0.0183. The van der Waals surface area contributed by atoms with Gasteiger partial charge in [0.25, 0.3) is 5.95 Å². The van der Waals surface area contributed by atoms with E-state index in [1.54, 1.807) is 0 Å². The van der Waals surface area contributed by atoms with E-state index >= 15 is 0 Å². The van der Waals surface area contributed by atoms with Crippen molar-refractivity contribution in [2.45, 2.75) is 18.5 Å². The van der Waals surface area contributed by atoms with E-state index in [4.69, 9.17) is 11.6 Å². The van der Waals surface area contributed by atoms with E-state index < -0.39 is 47.3 Å². The van der Waals surface area contributed by atoms with Crippen LogP contribution < -0.4 is 10.2 Å². The van der Waals surface area contributed by atoms with Crippen LogP contribution in [0.1, 0.15) is 12.6 Å². The predicted octanol–water partition coefficient (Wildman–Crippen LogP) is 3.51. The lowest BCUT2D eigenvalue weighted by molar-refractivity contribution is -0.181. The van der Waals surface area contributed by atoms with Crippen LogP contribution in [0.25, 0.3) is 11.5 Å². The summed E-state index contributed by atoms with van der Waals surface area (Å²) in [5, 5.41) is 13.5. The Morgan fingerprint density at radius 2 is 1.88 bits per heavy atom. The first kappa shape index (κ1) is 21.9. The van der Waals surface area contributed by atoms with Gasteiger partial charge in [0.05, 0.1) is 46.9 Å². The first-order valence-electron chi connectivity index (χ1n) is 9.42. The Balaban J connectivity index is 1.53. The normalized spacial score (nSPS) is 17.9. The van der Waals surface area contributed by atoms with Crippen molar-refractivity contribution in [3.05, 3.63) is 53.3 Å². The van der Waals surface area contributed by atoms with Crippen molar-refractivity contribution in [3.63, 3.8) is 0 Å². The van der Waals surface area contributed by atoms with Crippen molar-refractivity contribution < 1.29 is 26.7 Å². The molecule has 0 spiro atoms. The fourth-order valence-corrected chi connectivity index (χ4v) is 3.92. The number of carbonyl (C=O) groups is 1. The number of hydrogen-bond acceptors (Lipinski definition) is 6. The van der Waals surface area contributed by atoms with Crippen molar-refractivity contribution in [3.8, 4) is 5.82 Å². The number of nitrogens with one attached hydrogen (secondary N) is 1. The minimum absolute atomic E-state index is 0.0572. The quantitative estimate of drug-likeness (QED) is 0.423. The summed E-state index contributed by atoms with van der Waals surface area (Å²) in [5.41, 5.74) is -4.30. The highest BCUT2D eigenvalue weighted by Gasteiger charge is 2.60. The smallest absolute Gasteiger partial charge is 0.306 e. The third-order valence-electron chi connectivity index (χ3n) is 5.37. The van der Waals surface area contributed by atoms with Crippen LogP contribution in [-0.2, 0) is 5.41 Å². The van der Waals surface area contributed by atoms with E-state index in [2.05, 4.69) is 30.6 Å². The van der Waals surface area contributed by atoms with Crippen molar-refractivity contribution in [1.82, 2.24) is 34.6 Å². The van der Waals surface area contributed by atoms with Crippen LogP contribution >= 0.6 is 11.6 Å². The van der Waals surface area contributed by atoms with Gasteiger partial charge in [0.15, 0.2) is 11.5 Å². The standard InChI is InChI=1S/C18H11ClF5N9O/c1-17(18(22,23)24)7-31(10-6-26-15-11(20)13(21)30-32(15)12(10)17)16(34)29-8-4-9(19)14(25-5-8)33-27-2-3-28-33/h2-6H,7H2,1H3,(H,29,34). The molecular weight excluding hydrogens is 489 g/mol. The van der Waals surface area contributed by atoms with Gasteiger partial charge in [-0.25, -0.2) is 19.3 Å². The topological polar surface area (TPSA) is 106 Å². The number of halogens is 6. The highest BCUT2D eigenvalue weighted by molar-refractivity contribution is 6.32. The molecule has 0 aromatic carbocycles. The van der Waals surface area contributed by atoms with Gasteiger partial charge in [0.2, 0.25) is 5.82 Å². The molecule has 34 heavy (non-hydrogen) atoms. The van der Waals surface area contributed by atoms with Gasteiger partial charge in [-0.15, -0.1) is 9.90 Å². The highest BCUT2D eigenvalue weighted by atomic mass is 35.5. The lowest BCUT2D eigenvalue weighted by Gasteiger charge is -2.28. The van der Waals surface area contributed by atoms with Crippen LogP contribution in [0.2, 0.25) is 5.02 Å². The minimum atomic E-state index is -4.90. The molecule has 5 rings (SSSR count). The maximum Gasteiger partial charge on any atom is 0.401 e. The van der Waals surface area contributed by atoms with Crippen LogP contribution in [0.4, 0.5) is 38.1 Å². The van der Waals surface area contributed by atoms with Crippen LogP contribution in [0.5, 0.6) is 0 Å². The van der Waals surface area contributed by atoms with Gasteiger partial charge in [-0.3, -0.25) is 4.90 Å². The van der Waals surface area contributed by atoms with E-state index in [-0.39, 0.29) is 22.2 Å². The predicted molar refractivity (Wildman–Crippen MR) is 107 cm³/mol. The Kier molecular flexibility index (Phi) is 4.72. The Labute approximate surface area is 191 Å². The second kappa shape index (κ2) is 7.31. The Morgan fingerprint density at radius 3 is 2.53 bits per heavy atom. The number of carbonyl (C=O) groups excluding carboxylic acids is 1. The van der Waals surface area contributed by atoms with Crippen LogP contribution in [0.15, 0.2) is 30.9 Å². The number of amides is 2. The molecule has 1 aliphatic rings. The summed E-state index contributed by atoms with van der Waals surface area (Å²) in [6.45, 7) is -0.0850. The monoisotopic (exact) mass is 499 g/mol. The van der Waals surface area contributed by atoms with E-state index in [1.807, 2.05) is 0 Å². The zero-order chi connectivity index (χ0) is 24.4. The molecule has 0 fully saturated rings. The molecule has 176 valence electrons. The Bertz CT molecular complexity index is 1440. The van der Waals surface area contributed by atoms with E-state index in [0.717, 1.165) is 22.8 Å². The molecule has 10 nitrogen and oxygen atoms in total. The van der Waals surface area contributed by atoms with Gasteiger partial charge < -0.3 is 5.32 Å². The molecule has 1 aliphatic heterocycles. The number of urea groups is 1. The molecular formula is C18H11ClF5N9O. The number of aromatic nitrogens is 7. The number of hydrogen-bond donors (Lipinski definition) is 1. The maximum absolute atomic E-state index is 14.1. The third-order valence-corrected chi connectivity index (χ3v) is 5.65. The first-order valence-corrected chi connectivity index (χ1v) is 9.80. The number of alkyl halides is 3. The minimum Gasteiger partial charge on any atom is -0.306 e. The summed E-state index contributed by atoms with van der Waals surface area (Å²) in [6, 6.07) is 0.330. The van der Waals surface area contributed by atoms with E-state index in [1.165, 1.54) is 24.7 Å². The van der Waals surface area contributed by atoms with Gasteiger partial charge in [-0.1, -0.05) is 11.6 Å². The summed E-state index contributed by atoms with van der Waals surface area (Å²) < 4.78 is 70.4. The number of nitrogens with zero attached hydrogens (tertiary/aromatic N) is 8. The number of fused-ring (bicyclic) bond motifs is 3. The SMILES string of the molecule is CC1(C(F)(F)F)CN(C(=O)Nc2cnc(-n3nccn3)c(Cl)c2)c2cnc3c(F)c(F)nn3c21. The Hall–Kier alpha value is -3.88. The van der Waals surface area contributed by atoms with Gasteiger partial charge in [-0.2, -0.15) is 32.1 Å². The van der Waals surface area contributed by atoms with Gasteiger partial charge in [-0.05, 0) is 13.0 Å². The molecule has 0 saturated heterocycles. The molecule has 5 heterocycles. The molecule has 1 atom stereocenters. The third kappa shape index (κ3) is 3.14. The highest BCUT2D eigenvalue weighted by Crippen LogP contribution is 2.50. The molecule has 2 amide bonds. The van der Waals surface area contributed by atoms with Crippen molar-refractivity contribution in [2.75, 3.05) is 16.8 Å². The molecule has 4 aromatic heterocycles. The molecule has 0 bridgehead atoms. The molecule has 16 heteroatoms. The summed E-state index contributed by atoms with van der Waals surface area (Å²) in [7, 11) is 0. The van der Waals surface area contributed by atoms with Crippen LogP contribution in [0, 0.1) is 11.8 Å². The molecule has 1 unspecified atom stereocenters. The Morgan fingerprint density at radius 1 is 1.18 bits per heavy atom. The number of rotatable bonds is 2. The summed E-state index contributed by atoms with van der Waals surface area (Å²) in [4.78, 5) is 22.6. The first-order chi connectivity index (χ1) is 16.0. The van der Waals surface area contributed by atoms with Gasteiger partial charge in [0.1, 0.15) is 5.41 Å². The fraction of sp³-hybridized carbons (Fsp3) is 0.222. The molecule has 0 saturated carbocycles. The summed E-state index contributed by atoms with van der Waals surface area (Å²) in [5.74, 6) is -2.95. The summed E-state index contributed by atoms with van der Waals surface area (Å²) >= 11 is 6.16. The van der Waals surface area contributed by atoms with Crippen molar-refractivity contribution >= 4 is 34.7 Å². The molecule has 1 N–H and O–H groups in total. The average Bonchev–Trinajstić information content (AvgIpc) is 3.46. The number of anilines is 2. The zero-order valence-electron chi connectivity index (χ0n) is 16.8. The second-order valence-corrected chi connectivity index (χ2v) is 7.93. The second-order valence-electron chi connectivity index (χ2n) is 7.53. The molecule has 4 aromatic rings. The molecule has 0 radical (unpaired) electrons. The van der Waals surface area contributed by atoms with E-state index in [9.17, 15) is 26.7 Å². The van der Waals surface area contributed by atoms with E-state index in [0.29, 0.717) is 4.52 Å². The van der Waals surface area contributed by atoms with Crippen molar-refractivity contribution in [1.29, 1.82) is 0 Å². The largest absolute Gasteiger partial charge is 0.401 e. The van der Waals surface area contributed by atoms with Crippen LogP contribution in [0.3, 0.4) is 0 Å². The lowest BCUT2D eigenvalue weighted by Crippen LogP contribution is -2.46. The fourth-order valence-electron chi connectivity index (χ4n) is 3.68. The average molecular weight is 500 g/mol.